The second-order valence-corrected chi connectivity index (χ2v) is 7.05. The lowest BCUT2D eigenvalue weighted by Gasteiger charge is -2.29. The Kier molecular flexibility index (Phi) is 9.63. The van der Waals surface area contributed by atoms with Crippen LogP contribution in [0.25, 0.3) is 0 Å². The third-order valence-corrected chi connectivity index (χ3v) is 5.23. The first-order valence-corrected chi connectivity index (χ1v) is 9.11. The number of nitrogens with one attached hydrogen (secondary N) is 2. The molecular formula is C14H30N2O3S. The van der Waals surface area contributed by atoms with Crippen LogP contribution < -0.4 is 10.0 Å². The van der Waals surface area contributed by atoms with E-state index in [1.807, 2.05) is 0 Å². The molecule has 0 spiro atoms. The molecule has 1 fully saturated rings. The summed E-state index contributed by atoms with van der Waals surface area (Å²) in [5.74, 6) is 1.48. The molecule has 1 aliphatic rings. The van der Waals surface area contributed by atoms with E-state index in [1.165, 1.54) is 12.8 Å². The molecular weight excluding hydrogens is 276 g/mol. The van der Waals surface area contributed by atoms with Crippen LogP contribution in [0.4, 0.5) is 0 Å². The highest BCUT2D eigenvalue weighted by Gasteiger charge is 2.21. The SMILES string of the molecule is CCCS(=O)NC1CCC(CCNC[C@H](O)CO)CC1. The van der Waals surface area contributed by atoms with Crippen molar-refractivity contribution in [1.82, 2.24) is 10.0 Å². The molecule has 0 heterocycles. The van der Waals surface area contributed by atoms with E-state index in [0.717, 1.165) is 43.9 Å². The van der Waals surface area contributed by atoms with Crippen molar-refractivity contribution in [3.63, 3.8) is 0 Å². The predicted molar refractivity (Wildman–Crippen MR) is 82.8 cm³/mol. The molecule has 120 valence electrons. The van der Waals surface area contributed by atoms with Crippen molar-refractivity contribution in [3.05, 3.63) is 0 Å². The van der Waals surface area contributed by atoms with E-state index in [-0.39, 0.29) is 6.61 Å². The van der Waals surface area contributed by atoms with Crippen LogP contribution >= 0.6 is 0 Å². The fourth-order valence-corrected chi connectivity index (χ4v) is 3.73. The van der Waals surface area contributed by atoms with Crippen molar-refractivity contribution in [1.29, 1.82) is 0 Å². The zero-order chi connectivity index (χ0) is 14.8. The van der Waals surface area contributed by atoms with Gasteiger partial charge in [0, 0.05) is 18.3 Å². The fraction of sp³-hybridized carbons (Fsp3) is 1.00. The number of rotatable bonds is 10. The van der Waals surface area contributed by atoms with Crippen LogP contribution in [0, 0.1) is 5.92 Å². The van der Waals surface area contributed by atoms with E-state index >= 15 is 0 Å². The van der Waals surface area contributed by atoms with E-state index < -0.39 is 17.1 Å². The molecule has 2 atom stereocenters. The van der Waals surface area contributed by atoms with Crippen LogP contribution in [-0.2, 0) is 11.0 Å². The van der Waals surface area contributed by atoms with Gasteiger partial charge in [-0.2, -0.15) is 0 Å². The van der Waals surface area contributed by atoms with Gasteiger partial charge in [-0.15, -0.1) is 0 Å². The number of aliphatic hydroxyl groups excluding tert-OH is 2. The van der Waals surface area contributed by atoms with E-state index in [0.29, 0.717) is 12.6 Å². The molecule has 1 aliphatic carbocycles. The molecule has 4 N–H and O–H groups in total. The topological polar surface area (TPSA) is 81.6 Å². The van der Waals surface area contributed by atoms with Gasteiger partial charge in [0.05, 0.1) is 23.7 Å². The molecule has 0 bridgehead atoms. The van der Waals surface area contributed by atoms with Gasteiger partial charge in [-0.1, -0.05) is 6.92 Å². The number of aliphatic hydroxyl groups is 2. The van der Waals surface area contributed by atoms with Crippen molar-refractivity contribution in [3.8, 4) is 0 Å². The molecule has 0 aromatic carbocycles. The summed E-state index contributed by atoms with van der Waals surface area (Å²) in [6.45, 7) is 3.22. The molecule has 0 aliphatic heterocycles. The van der Waals surface area contributed by atoms with Crippen molar-refractivity contribution in [2.45, 2.75) is 57.6 Å². The zero-order valence-corrected chi connectivity index (χ0v) is 13.3. The highest BCUT2D eigenvalue weighted by Crippen LogP contribution is 2.26. The highest BCUT2D eigenvalue weighted by atomic mass is 32.2. The quantitative estimate of drug-likeness (QED) is 0.444. The maximum absolute atomic E-state index is 11.6. The Morgan fingerprint density at radius 3 is 2.60 bits per heavy atom. The second-order valence-electron chi connectivity index (χ2n) is 5.71. The van der Waals surface area contributed by atoms with Gasteiger partial charge in [0.2, 0.25) is 0 Å². The van der Waals surface area contributed by atoms with E-state index in [4.69, 9.17) is 5.11 Å². The largest absolute Gasteiger partial charge is 0.394 e. The summed E-state index contributed by atoms with van der Waals surface area (Å²) in [5.41, 5.74) is 0. The standard InChI is InChI=1S/C14H30N2O3S/c1-2-9-20(19)16-13-5-3-12(4-6-13)7-8-15-10-14(18)11-17/h12-18H,2-11H2,1H3/t12?,13?,14-,20?/m0/s1. The smallest absolute Gasteiger partial charge is 0.0917 e. The third kappa shape index (κ3) is 7.69. The summed E-state index contributed by atoms with van der Waals surface area (Å²) in [4.78, 5) is 0. The summed E-state index contributed by atoms with van der Waals surface area (Å²) in [7, 11) is -0.856. The molecule has 0 aromatic rings. The third-order valence-electron chi connectivity index (χ3n) is 3.85. The average molecular weight is 306 g/mol. The number of hydrogen-bond acceptors (Lipinski definition) is 4. The van der Waals surface area contributed by atoms with E-state index in [1.54, 1.807) is 0 Å². The fourth-order valence-electron chi connectivity index (χ4n) is 2.64. The number of hydrogen-bond donors (Lipinski definition) is 4. The Morgan fingerprint density at radius 1 is 1.30 bits per heavy atom. The minimum atomic E-state index is -0.856. The van der Waals surface area contributed by atoms with Gasteiger partial charge >= 0.3 is 0 Å². The molecule has 1 saturated carbocycles. The molecule has 20 heavy (non-hydrogen) atoms. The Morgan fingerprint density at radius 2 is 2.00 bits per heavy atom. The second kappa shape index (κ2) is 10.7. The van der Waals surface area contributed by atoms with Crippen LogP contribution in [0.2, 0.25) is 0 Å². The van der Waals surface area contributed by atoms with Crippen molar-refractivity contribution < 1.29 is 14.4 Å². The first kappa shape index (κ1) is 18.0. The predicted octanol–water partition coefficient (Wildman–Crippen LogP) is 0.541. The normalized spacial score (nSPS) is 26.4. The van der Waals surface area contributed by atoms with Crippen LogP contribution in [0.3, 0.4) is 0 Å². The van der Waals surface area contributed by atoms with Gasteiger partial charge in [0.1, 0.15) is 0 Å². The summed E-state index contributed by atoms with van der Waals surface area (Å²) in [5, 5.41) is 21.1. The lowest BCUT2D eigenvalue weighted by molar-refractivity contribution is 0.0940. The molecule has 1 rings (SSSR count). The van der Waals surface area contributed by atoms with Gasteiger partial charge in [-0.3, -0.25) is 0 Å². The maximum atomic E-state index is 11.6. The molecule has 5 nitrogen and oxygen atoms in total. The van der Waals surface area contributed by atoms with Crippen molar-refractivity contribution in [2.24, 2.45) is 5.92 Å². The maximum Gasteiger partial charge on any atom is 0.0917 e. The zero-order valence-electron chi connectivity index (χ0n) is 12.5. The average Bonchev–Trinajstić information content (AvgIpc) is 2.45. The van der Waals surface area contributed by atoms with Gasteiger partial charge in [-0.25, -0.2) is 8.93 Å². The molecule has 0 saturated heterocycles. The molecule has 0 aromatic heterocycles. The highest BCUT2D eigenvalue weighted by molar-refractivity contribution is 7.83. The summed E-state index contributed by atoms with van der Waals surface area (Å²) < 4.78 is 14.9. The lowest BCUT2D eigenvalue weighted by atomic mass is 9.84. The Labute approximate surface area is 125 Å². The molecule has 0 radical (unpaired) electrons. The van der Waals surface area contributed by atoms with Gasteiger partial charge in [0.15, 0.2) is 0 Å². The minimum absolute atomic E-state index is 0.182. The van der Waals surface area contributed by atoms with Gasteiger partial charge in [0.25, 0.3) is 0 Å². The summed E-state index contributed by atoms with van der Waals surface area (Å²) in [6, 6.07) is 0.419. The Hall–Kier alpha value is -0.0100. The van der Waals surface area contributed by atoms with Crippen LogP contribution in [0.1, 0.15) is 45.4 Å². The lowest BCUT2D eigenvalue weighted by Crippen LogP contribution is -2.36. The van der Waals surface area contributed by atoms with E-state index in [2.05, 4.69) is 17.0 Å². The molecule has 1 unspecified atom stereocenters. The van der Waals surface area contributed by atoms with Crippen LogP contribution in [-0.4, -0.2) is 52.0 Å². The summed E-state index contributed by atoms with van der Waals surface area (Å²) >= 11 is 0. The first-order chi connectivity index (χ1) is 9.65. The first-order valence-electron chi connectivity index (χ1n) is 7.79. The van der Waals surface area contributed by atoms with Crippen LogP contribution in [0.15, 0.2) is 0 Å². The summed E-state index contributed by atoms with van der Waals surface area (Å²) in [6.07, 6.45) is 6.02. The van der Waals surface area contributed by atoms with Gasteiger partial charge in [-0.05, 0) is 51.0 Å². The Balaban J connectivity index is 2.05. The monoisotopic (exact) mass is 306 g/mol. The Bertz CT molecular complexity index is 271. The van der Waals surface area contributed by atoms with Crippen molar-refractivity contribution in [2.75, 3.05) is 25.4 Å². The van der Waals surface area contributed by atoms with Gasteiger partial charge < -0.3 is 15.5 Å². The van der Waals surface area contributed by atoms with E-state index in [9.17, 15) is 9.32 Å². The molecule has 0 amide bonds. The molecule has 6 heteroatoms. The minimum Gasteiger partial charge on any atom is -0.394 e. The van der Waals surface area contributed by atoms with Crippen molar-refractivity contribution >= 4 is 11.0 Å². The van der Waals surface area contributed by atoms with Crippen LogP contribution in [0.5, 0.6) is 0 Å².